The number of aliphatic imine (C=N–C) groups is 1. The molecule has 1 amide bonds. The number of likely N-dealkylation sites (tertiary alicyclic amines) is 1. The van der Waals surface area contributed by atoms with Crippen molar-refractivity contribution in [3.63, 3.8) is 0 Å². The molecule has 0 radical (unpaired) electrons. The van der Waals surface area contributed by atoms with Gasteiger partial charge in [-0.15, -0.1) is 0 Å². The summed E-state index contributed by atoms with van der Waals surface area (Å²) in [5, 5.41) is 2.66. The van der Waals surface area contributed by atoms with E-state index in [0.29, 0.717) is 31.0 Å². The number of amidine groups is 1. The van der Waals surface area contributed by atoms with Gasteiger partial charge in [0.25, 0.3) is 0 Å². The molecule has 1 saturated heterocycles. The molecule has 0 spiro atoms. The zero-order chi connectivity index (χ0) is 25.8. The SMILES string of the molecule is CCOC(=O)[C@@H]1CCCN(C(=O)CC2=CSC3=NC(C)=C(C(=O)OC(C)C)[C@H](c4ccccc4)N23)C1. The van der Waals surface area contributed by atoms with E-state index in [1.807, 2.05) is 61.4 Å². The average Bonchev–Trinajstić information content (AvgIpc) is 3.25. The Bertz CT molecular complexity index is 1110. The molecule has 36 heavy (non-hydrogen) atoms. The summed E-state index contributed by atoms with van der Waals surface area (Å²) in [5.74, 6) is -0.993. The van der Waals surface area contributed by atoms with Crippen LogP contribution in [0.1, 0.15) is 58.6 Å². The first kappa shape index (κ1) is 26.0. The zero-order valence-corrected chi connectivity index (χ0v) is 22.0. The minimum atomic E-state index is -0.451. The zero-order valence-electron chi connectivity index (χ0n) is 21.2. The quantitative estimate of drug-likeness (QED) is 0.501. The van der Waals surface area contributed by atoms with E-state index in [1.165, 1.54) is 11.8 Å². The minimum absolute atomic E-state index is 0.0542. The lowest BCUT2D eigenvalue weighted by molar-refractivity contribution is -0.151. The molecule has 0 unspecified atom stereocenters. The molecule has 8 nitrogen and oxygen atoms in total. The third-order valence-corrected chi connectivity index (χ3v) is 7.29. The first-order valence-corrected chi connectivity index (χ1v) is 13.3. The molecule has 1 aromatic rings. The second-order valence-electron chi connectivity index (χ2n) is 9.37. The Morgan fingerprint density at radius 2 is 1.94 bits per heavy atom. The van der Waals surface area contributed by atoms with Crippen molar-refractivity contribution in [1.82, 2.24) is 9.80 Å². The van der Waals surface area contributed by atoms with Gasteiger partial charge in [-0.05, 0) is 51.5 Å². The Labute approximate surface area is 216 Å². The van der Waals surface area contributed by atoms with Gasteiger partial charge in [-0.2, -0.15) is 0 Å². The van der Waals surface area contributed by atoms with Crippen LogP contribution in [-0.4, -0.2) is 58.6 Å². The van der Waals surface area contributed by atoms with E-state index in [1.54, 1.807) is 11.8 Å². The number of ether oxygens (including phenoxy) is 2. The van der Waals surface area contributed by atoms with E-state index in [0.717, 1.165) is 29.3 Å². The van der Waals surface area contributed by atoms with Gasteiger partial charge < -0.3 is 19.3 Å². The molecule has 2 atom stereocenters. The fourth-order valence-electron chi connectivity index (χ4n) is 4.78. The summed E-state index contributed by atoms with van der Waals surface area (Å²) in [4.78, 5) is 47.3. The first-order valence-electron chi connectivity index (χ1n) is 12.4. The molecular formula is C27H33N3O5S. The van der Waals surface area contributed by atoms with E-state index in [4.69, 9.17) is 14.5 Å². The molecule has 0 aromatic heterocycles. The van der Waals surface area contributed by atoms with Crippen molar-refractivity contribution in [1.29, 1.82) is 0 Å². The minimum Gasteiger partial charge on any atom is -0.466 e. The molecule has 1 fully saturated rings. The lowest BCUT2D eigenvalue weighted by atomic mass is 9.93. The number of hydrogen-bond donors (Lipinski definition) is 0. The molecule has 1 aromatic carbocycles. The Balaban J connectivity index is 1.59. The van der Waals surface area contributed by atoms with Gasteiger partial charge >= 0.3 is 11.9 Å². The molecule has 3 aliphatic heterocycles. The maximum Gasteiger partial charge on any atom is 0.338 e. The predicted octanol–water partition coefficient (Wildman–Crippen LogP) is 4.40. The van der Waals surface area contributed by atoms with Gasteiger partial charge in [-0.25, -0.2) is 9.79 Å². The van der Waals surface area contributed by atoms with Gasteiger partial charge in [0.2, 0.25) is 5.91 Å². The number of benzene rings is 1. The van der Waals surface area contributed by atoms with Crippen LogP contribution in [-0.2, 0) is 23.9 Å². The molecule has 3 heterocycles. The molecule has 192 valence electrons. The maximum atomic E-state index is 13.4. The Morgan fingerprint density at radius 3 is 2.64 bits per heavy atom. The van der Waals surface area contributed by atoms with E-state index in [2.05, 4.69) is 0 Å². The van der Waals surface area contributed by atoms with Gasteiger partial charge in [0.15, 0.2) is 5.17 Å². The van der Waals surface area contributed by atoms with E-state index >= 15 is 0 Å². The van der Waals surface area contributed by atoms with Crippen LogP contribution in [0.2, 0.25) is 0 Å². The Kier molecular flexibility index (Phi) is 8.18. The summed E-state index contributed by atoms with van der Waals surface area (Å²) < 4.78 is 10.8. The molecule has 3 aliphatic rings. The van der Waals surface area contributed by atoms with Crippen molar-refractivity contribution in [2.45, 2.75) is 59.1 Å². The first-order chi connectivity index (χ1) is 17.3. The van der Waals surface area contributed by atoms with Gasteiger partial charge in [0.1, 0.15) is 0 Å². The van der Waals surface area contributed by atoms with Gasteiger partial charge in [0.05, 0.1) is 42.4 Å². The summed E-state index contributed by atoms with van der Waals surface area (Å²) in [7, 11) is 0. The van der Waals surface area contributed by atoms with E-state index < -0.39 is 12.0 Å². The third kappa shape index (κ3) is 5.51. The fourth-order valence-corrected chi connectivity index (χ4v) is 5.75. The topological polar surface area (TPSA) is 88.5 Å². The number of hydrogen-bond acceptors (Lipinski definition) is 8. The summed E-state index contributed by atoms with van der Waals surface area (Å²) in [6, 6.07) is 9.29. The standard InChI is InChI=1S/C27H33N3O5S/c1-5-34-25(32)20-12-9-13-29(15-20)22(31)14-21-16-36-27-28-18(4)23(26(33)35-17(2)3)24(30(21)27)19-10-7-6-8-11-19/h6-8,10-11,16-17,20,24H,5,9,12-15H2,1-4H3/t20-,24+/m1/s1. The highest BCUT2D eigenvalue weighted by Crippen LogP contribution is 2.45. The van der Waals surface area contributed by atoms with Crippen molar-refractivity contribution in [3.8, 4) is 0 Å². The smallest absolute Gasteiger partial charge is 0.338 e. The molecular weight excluding hydrogens is 478 g/mol. The maximum absolute atomic E-state index is 13.4. The molecule has 0 N–H and O–H groups in total. The lowest BCUT2D eigenvalue weighted by Crippen LogP contribution is -2.44. The van der Waals surface area contributed by atoms with Crippen molar-refractivity contribution in [3.05, 3.63) is 58.3 Å². The van der Waals surface area contributed by atoms with Crippen LogP contribution < -0.4 is 0 Å². The number of carbonyl (C=O) groups is 3. The van der Waals surface area contributed by atoms with Crippen molar-refractivity contribution in [2.75, 3.05) is 19.7 Å². The van der Waals surface area contributed by atoms with E-state index in [-0.39, 0.29) is 30.3 Å². The normalized spacial score (nSPS) is 21.7. The van der Waals surface area contributed by atoms with Crippen LogP contribution in [0.4, 0.5) is 0 Å². The number of piperidine rings is 1. The number of carbonyl (C=O) groups excluding carboxylic acids is 3. The summed E-state index contributed by atoms with van der Waals surface area (Å²) in [6.45, 7) is 8.57. The molecule has 0 aliphatic carbocycles. The highest BCUT2D eigenvalue weighted by Gasteiger charge is 2.42. The largest absolute Gasteiger partial charge is 0.466 e. The van der Waals surface area contributed by atoms with Crippen LogP contribution in [0.25, 0.3) is 0 Å². The van der Waals surface area contributed by atoms with E-state index in [9.17, 15) is 14.4 Å². The number of fused-ring (bicyclic) bond motifs is 1. The van der Waals surface area contributed by atoms with Gasteiger partial charge in [-0.3, -0.25) is 9.59 Å². The lowest BCUT2D eigenvalue weighted by Gasteiger charge is -2.37. The van der Waals surface area contributed by atoms with Crippen LogP contribution >= 0.6 is 11.8 Å². The fraction of sp³-hybridized carbons (Fsp3) is 0.481. The highest BCUT2D eigenvalue weighted by atomic mass is 32.2. The van der Waals surface area contributed by atoms with Gasteiger partial charge in [-0.1, -0.05) is 42.1 Å². The number of thioether (sulfide) groups is 1. The van der Waals surface area contributed by atoms with Crippen molar-refractivity contribution >= 4 is 34.8 Å². The Hall–Kier alpha value is -3.07. The average molecular weight is 512 g/mol. The second kappa shape index (κ2) is 11.3. The van der Waals surface area contributed by atoms with Crippen molar-refractivity contribution < 1.29 is 23.9 Å². The van der Waals surface area contributed by atoms with Crippen LogP contribution in [0.15, 0.2) is 57.7 Å². The number of esters is 2. The summed E-state index contributed by atoms with van der Waals surface area (Å²) in [5.41, 5.74) is 2.78. The molecule has 0 bridgehead atoms. The highest BCUT2D eigenvalue weighted by molar-refractivity contribution is 8.16. The number of nitrogens with zero attached hydrogens (tertiary/aromatic N) is 3. The van der Waals surface area contributed by atoms with Crippen molar-refractivity contribution in [2.24, 2.45) is 10.9 Å². The monoisotopic (exact) mass is 511 g/mol. The second-order valence-corrected chi connectivity index (χ2v) is 10.2. The summed E-state index contributed by atoms with van der Waals surface area (Å²) in [6.07, 6.45) is 1.37. The number of amides is 1. The number of rotatable bonds is 7. The molecule has 0 saturated carbocycles. The van der Waals surface area contributed by atoms with Gasteiger partial charge in [0, 0.05) is 18.8 Å². The predicted molar refractivity (Wildman–Crippen MR) is 139 cm³/mol. The van der Waals surface area contributed by atoms with Crippen LogP contribution in [0.3, 0.4) is 0 Å². The van der Waals surface area contributed by atoms with Crippen LogP contribution in [0, 0.1) is 5.92 Å². The number of allylic oxidation sites excluding steroid dienone is 1. The summed E-state index contributed by atoms with van der Waals surface area (Å²) >= 11 is 1.45. The molecule has 9 heteroatoms. The van der Waals surface area contributed by atoms with Crippen LogP contribution in [0.5, 0.6) is 0 Å². The molecule has 4 rings (SSSR count). The third-order valence-electron chi connectivity index (χ3n) is 6.40. The Morgan fingerprint density at radius 1 is 1.19 bits per heavy atom.